The summed E-state index contributed by atoms with van der Waals surface area (Å²) in [5, 5.41) is 4.02. The highest BCUT2D eigenvalue weighted by Gasteiger charge is 2.09. The van der Waals surface area contributed by atoms with Crippen LogP contribution in [0.3, 0.4) is 0 Å². The first-order chi connectivity index (χ1) is 9.63. The number of amides is 1. The Hall–Kier alpha value is -2.55. The van der Waals surface area contributed by atoms with Gasteiger partial charge in [-0.3, -0.25) is 4.79 Å². The molecule has 100 valence electrons. The number of aromatic nitrogens is 1. The van der Waals surface area contributed by atoms with Crippen molar-refractivity contribution < 1.29 is 4.79 Å². The standard InChI is InChI=1S/C17H16N2O/c1-11-5-3-6-13(9-11)17(20)19-16-8-4-7-15-14(16)10-12(2)18-15/h3-10,18H,1-2H3,(H,19,20). The molecule has 0 bridgehead atoms. The second kappa shape index (κ2) is 4.85. The lowest BCUT2D eigenvalue weighted by Crippen LogP contribution is -2.12. The van der Waals surface area contributed by atoms with E-state index in [1.165, 1.54) is 0 Å². The molecule has 0 atom stereocenters. The Morgan fingerprint density at radius 2 is 1.85 bits per heavy atom. The second-order valence-corrected chi connectivity index (χ2v) is 5.04. The smallest absolute Gasteiger partial charge is 0.255 e. The van der Waals surface area contributed by atoms with Crippen molar-refractivity contribution in [2.45, 2.75) is 13.8 Å². The number of nitrogens with one attached hydrogen (secondary N) is 2. The molecule has 3 aromatic rings. The molecule has 3 nitrogen and oxygen atoms in total. The van der Waals surface area contributed by atoms with Crippen LogP contribution in [0.4, 0.5) is 5.69 Å². The molecule has 1 aromatic heterocycles. The summed E-state index contributed by atoms with van der Waals surface area (Å²) in [6.07, 6.45) is 0. The quantitative estimate of drug-likeness (QED) is 0.721. The summed E-state index contributed by atoms with van der Waals surface area (Å²) in [7, 11) is 0. The molecule has 3 heteroatoms. The number of hydrogen-bond donors (Lipinski definition) is 2. The maximum absolute atomic E-state index is 12.3. The summed E-state index contributed by atoms with van der Waals surface area (Å²) >= 11 is 0. The molecule has 0 saturated heterocycles. The lowest BCUT2D eigenvalue weighted by atomic mass is 10.1. The highest BCUT2D eigenvalue weighted by molar-refractivity contribution is 6.08. The van der Waals surface area contributed by atoms with Crippen LogP contribution in [0.1, 0.15) is 21.6 Å². The Morgan fingerprint density at radius 1 is 1.05 bits per heavy atom. The van der Waals surface area contributed by atoms with Gasteiger partial charge in [-0.2, -0.15) is 0 Å². The van der Waals surface area contributed by atoms with E-state index in [-0.39, 0.29) is 5.91 Å². The SMILES string of the molecule is Cc1cccc(C(=O)Nc2cccc3[nH]c(C)cc23)c1. The molecular weight excluding hydrogens is 248 g/mol. The highest BCUT2D eigenvalue weighted by atomic mass is 16.1. The molecule has 0 fully saturated rings. The maximum Gasteiger partial charge on any atom is 0.255 e. The molecule has 0 aliphatic carbocycles. The number of aromatic amines is 1. The van der Waals surface area contributed by atoms with Crippen LogP contribution in [0.25, 0.3) is 10.9 Å². The zero-order valence-electron chi connectivity index (χ0n) is 11.5. The van der Waals surface area contributed by atoms with Crippen molar-refractivity contribution >= 4 is 22.5 Å². The van der Waals surface area contributed by atoms with Crippen LogP contribution in [0.2, 0.25) is 0 Å². The van der Waals surface area contributed by atoms with Gasteiger partial charge in [-0.25, -0.2) is 0 Å². The minimum atomic E-state index is -0.0833. The van der Waals surface area contributed by atoms with Gasteiger partial charge in [0.1, 0.15) is 0 Å². The van der Waals surface area contributed by atoms with Crippen molar-refractivity contribution in [3.8, 4) is 0 Å². The van der Waals surface area contributed by atoms with E-state index in [4.69, 9.17) is 0 Å². The van der Waals surface area contributed by atoms with Gasteiger partial charge in [0.15, 0.2) is 0 Å². The van der Waals surface area contributed by atoms with Gasteiger partial charge in [0.05, 0.1) is 5.69 Å². The molecule has 1 amide bonds. The number of aryl methyl sites for hydroxylation is 2. The third-order valence-electron chi connectivity index (χ3n) is 3.33. The average Bonchev–Trinajstić information content (AvgIpc) is 2.80. The van der Waals surface area contributed by atoms with Gasteiger partial charge in [0.25, 0.3) is 5.91 Å². The highest BCUT2D eigenvalue weighted by Crippen LogP contribution is 2.24. The van der Waals surface area contributed by atoms with E-state index in [1.807, 2.05) is 62.4 Å². The van der Waals surface area contributed by atoms with Gasteiger partial charge in [0.2, 0.25) is 0 Å². The minimum Gasteiger partial charge on any atom is -0.359 e. The first-order valence-electron chi connectivity index (χ1n) is 6.60. The van der Waals surface area contributed by atoms with Gasteiger partial charge in [-0.05, 0) is 44.2 Å². The van der Waals surface area contributed by atoms with E-state index in [9.17, 15) is 4.79 Å². The average molecular weight is 264 g/mol. The summed E-state index contributed by atoms with van der Waals surface area (Å²) in [4.78, 5) is 15.6. The van der Waals surface area contributed by atoms with Gasteiger partial charge in [0, 0.05) is 22.2 Å². The van der Waals surface area contributed by atoms with E-state index in [2.05, 4.69) is 10.3 Å². The Morgan fingerprint density at radius 3 is 2.65 bits per heavy atom. The van der Waals surface area contributed by atoms with Crippen LogP contribution < -0.4 is 5.32 Å². The number of fused-ring (bicyclic) bond motifs is 1. The van der Waals surface area contributed by atoms with Crippen LogP contribution in [0.15, 0.2) is 48.5 Å². The van der Waals surface area contributed by atoms with Crippen LogP contribution in [-0.2, 0) is 0 Å². The third-order valence-corrected chi connectivity index (χ3v) is 3.33. The Kier molecular flexibility index (Phi) is 3.03. The normalized spacial score (nSPS) is 10.7. The topological polar surface area (TPSA) is 44.9 Å². The molecule has 20 heavy (non-hydrogen) atoms. The fourth-order valence-corrected chi connectivity index (χ4v) is 2.38. The zero-order chi connectivity index (χ0) is 14.1. The summed E-state index contributed by atoms with van der Waals surface area (Å²) in [6, 6.07) is 15.5. The number of H-pyrrole nitrogens is 1. The van der Waals surface area contributed by atoms with Crippen molar-refractivity contribution in [2.75, 3.05) is 5.32 Å². The fourth-order valence-electron chi connectivity index (χ4n) is 2.38. The van der Waals surface area contributed by atoms with E-state index >= 15 is 0 Å². The Balaban J connectivity index is 1.95. The van der Waals surface area contributed by atoms with Gasteiger partial charge in [-0.15, -0.1) is 0 Å². The maximum atomic E-state index is 12.3. The molecule has 0 saturated carbocycles. The van der Waals surface area contributed by atoms with E-state index in [0.717, 1.165) is 27.8 Å². The van der Waals surface area contributed by atoms with Crippen LogP contribution >= 0.6 is 0 Å². The van der Waals surface area contributed by atoms with Crippen molar-refractivity contribution in [3.63, 3.8) is 0 Å². The first kappa shape index (κ1) is 12.5. The largest absolute Gasteiger partial charge is 0.359 e. The van der Waals surface area contributed by atoms with Gasteiger partial charge >= 0.3 is 0 Å². The monoisotopic (exact) mass is 264 g/mol. The molecule has 0 unspecified atom stereocenters. The summed E-state index contributed by atoms with van der Waals surface area (Å²) < 4.78 is 0. The summed E-state index contributed by atoms with van der Waals surface area (Å²) in [6.45, 7) is 3.99. The number of carbonyl (C=O) groups excluding carboxylic acids is 1. The summed E-state index contributed by atoms with van der Waals surface area (Å²) in [5.74, 6) is -0.0833. The Labute approximate surface area is 117 Å². The van der Waals surface area contributed by atoms with E-state index in [0.29, 0.717) is 5.56 Å². The van der Waals surface area contributed by atoms with Crippen LogP contribution in [0, 0.1) is 13.8 Å². The number of hydrogen-bond acceptors (Lipinski definition) is 1. The predicted molar refractivity (Wildman–Crippen MR) is 82.2 cm³/mol. The number of carbonyl (C=O) groups is 1. The van der Waals surface area contributed by atoms with Gasteiger partial charge < -0.3 is 10.3 Å². The predicted octanol–water partition coefficient (Wildman–Crippen LogP) is 4.04. The molecule has 1 heterocycles. The first-order valence-corrected chi connectivity index (χ1v) is 6.60. The van der Waals surface area contributed by atoms with E-state index < -0.39 is 0 Å². The van der Waals surface area contributed by atoms with Gasteiger partial charge in [-0.1, -0.05) is 23.8 Å². The lowest BCUT2D eigenvalue weighted by molar-refractivity contribution is 0.102. The number of benzene rings is 2. The van der Waals surface area contributed by atoms with E-state index in [1.54, 1.807) is 0 Å². The van der Waals surface area contributed by atoms with Crippen LogP contribution in [0.5, 0.6) is 0 Å². The molecule has 2 aromatic carbocycles. The van der Waals surface area contributed by atoms with Crippen molar-refractivity contribution in [2.24, 2.45) is 0 Å². The number of rotatable bonds is 2. The van der Waals surface area contributed by atoms with Crippen molar-refractivity contribution in [3.05, 3.63) is 65.4 Å². The van der Waals surface area contributed by atoms with Crippen molar-refractivity contribution in [1.82, 2.24) is 4.98 Å². The summed E-state index contributed by atoms with van der Waals surface area (Å²) in [5.41, 5.74) is 4.70. The molecule has 0 spiro atoms. The number of anilines is 1. The third kappa shape index (κ3) is 2.30. The molecule has 0 aliphatic heterocycles. The molecular formula is C17H16N2O. The molecule has 0 radical (unpaired) electrons. The zero-order valence-corrected chi connectivity index (χ0v) is 11.5. The Bertz CT molecular complexity index is 787. The molecule has 2 N–H and O–H groups in total. The van der Waals surface area contributed by atoms with Crippen molar-refractivity contribution in [1.29, 1.82) is 0 Å². The molecule has 3 rings (SSSR count). The molecule has 0 aliphatic rings. The lowest BCUT2D eigenvalue weighted by Gasteiger charge is -2.07. The van der Waals surface area contributed by atoms with Crippen LogP contribution in [-0.4, -0.2) is 10.9 Å². The fraction of sp³-hybridized carbons (Fsp3) is 0.118. The second-order valence-electron chi connectivity index (χ2n) is 5.04. The minimum absolute atomic E-state index is 0.0833.